The molecule has 0 saturated carbocycles. The summed E-state index contributed by atoms with van der Waals surface area (Å²) in [4.78, 5) is 26.2. The molecule has 17 nitrogen and oxygen atoms in total. The van der Waals surface area contributed by atoms with Crippen LogP contribution in [0.5, 0.6) is 17.2 Å². The normalized spacial score (nSPS) is 17.2. The van der Waals surface area contributed by atoms with Gasteiger partial charge < -0.3 is 28.8 Å². The Hall–Kier alpha value is -6.75. The molecule has 1 aliphatic heterocycles. The predicted octanol–water partition coefficient (Wildman–Crippen LogP) is 8.60. The molecule has 340 valence electrons. The molecular weight excluding hydrogens is 887 g/mol. The molecular formula is C47H46ClN8O9P. The second-order valence-corrected chi connectivity index (χ2v) is 17.7. The monoisotopic (exact) mass is 932 g/mol. The molecule has 1 unspecified atom stereocenters. The number of nitrogens with zero attached hydrogens (tertiary/aromatic N) is 6. The largest absolute Gasteiger partial charge is 0.608 e. The van der Waals surface area contributed by atoms with Gasteiger partial charge in [0.15, 0.2) is 16.9 Å². The van der Waals surface area contributed by atoms with Gasteiger partial charge >= 0.3 is 7.82 Å². The molecule has 5 aromatic carbocycles. The fraction of sp³-hybridized carbons (Fsp3) is 0.255. The summed E-state index contributed by atoms with van der Waals surface area (Å²) in [6, 6.07) is 38.5. The number of imidazole rings is 1. The molecule has 66 heavy (non-hydrogen) atoms. The maximum Gasteiger partial charge on any atom is 0.608 e. The van der Waals surface area contributed by atoms with Crippen LogP contribution in [-0.4, -0.2) is 74.3 Å². The lowest BCUT2D eigenvalue weighted by molar-refractivity contribution is -0.0926. The van der Waals surface area contributed by atoms with Gasteiger partial charge in [-0.05, 0) is 76.4 Å². The lowest BCUT2D eigenvalue weighted by atomic mass is 9.80. The number of methoxy groups -OCH3 is 2. The molecule has 2 N–H and O–H groups in total. The highest BCUT2D eigenvalue weighted by atomic mass is 35.5. The first-order valence-electron chi connectivity index (χ1n) is 21.1. The number of anilines is 1. The number of H-pyrrole nitrogens is 1. The van der Waals surface area contributed by atoms with Crippen LogP contribution >= 0.6 is 19.4 Å². The third kappa shape index (κ3) is 9.08. The van der Waals surface area contributed by atoms with Gasteiger partial charge in [-0.1, -0.05) is 109 Å². The van der Waals surface area contributed by atoms with Crippen molar-refractivity contribution >= 4 is 47.6 Å². The molecule has 4 heterocycles. The zero-order chi connectivity index (χ0) is 45.8. The summed E-state index contributed by atoms with van der Waals surface area (Å²) in [5.41, 5.74) is 1.86. The lowest BCUT2D eigenvalue weighted by Crippen LogP contribution is -2.38. The van der Waals surface area contributed by atoms with Crippen molar-refractivity contribution in [3.63, 3.8) is 0 Å². The van der Waals surface area contributed by atoms with Crippen molar-refractivity contribution in [3.8, 4) is 17.2 Å². The van der Waals surface area contributed by atoms with Gasteiger partial charge in [0.2, 0.25) is 5.95 Å². The SMILES string of the molecule is COc1ccc(C(OC[C@H]2O[C@@H](n3cnc4c(=O)[nH]c(NCC(C)C)nc43)C[C@@H]2OP(=O)(Oc2ccccc2Cl)On2nnc3ccccc32)(c2ccccc2)c2ccc(OC)cc2)cc1. The zero-order valence-corrected chi connectivity index (χ0v) is 38.0. The molecule has 9 rings (SSSR count). The average molecular weight is 933 g/mol. The Morgan fingerprint density at radius 3 is 2.21 bits per heavy atom. The Balaban J connectivity index is 1.15. The number of para-hydroxylation sites is 2. The average Bonchev–Trinajstić information content (AvgIpc) is 4.07. The Kier molecular flexibility index (Phi) is 12.8. The summed E-state index contributed by atoms with van der Waals surface area (Å²) in [6.07, 6.45) is -1.45. The van der Waals surface area contributed by atoms with E-state index in [0.717, 1.165) is 21.5 Å². The molecule has 4 atom stereocenters. The molecule has 1 saturated heterocycles. The molecule has 0 radical (unpaired) electrons. The minimum atomic E-state index is -4.78. The van der Waals surface area contributed by atoms with Gasteiger partial charge in [-0.15, -0.1) is 5.10 Å². The summed E-state index contributed by atoms with van der Waals surface area (Å²) in [5.74, 6) is 1.88. The molecule has 1 fully saturated rings. The van der Waals surface area contributed by atoms with Crippen LogP contribution in [0.25, 0.3) is 22.2 Å². The first-order chi connectivity index (χ1) is 32.1. The second-order valence-electron chi connectivity index (χ2n) is 15.8. The van der Waals surface area contributed by atoms with Crippen molar-refractivity contribution < 1.29 is 37.2 Å². The summed E-state index contributed by atoms with van der Waals surface area (Å²) >= 11 is 6.57. The van der Waals surface area contributed by atoms with E-state index in [9.17, 15) is 4.79 Å². The van der Waals surface area contributed by atoms with Gasteiger partial charge in [-0.25, -0.2) is 9.55 Å². The van der Waals surface area contributed by atoms with Gasteiger partial charge in [0.05, 0.1) is 32.2 Å². The van der Waals surface area contributed by atoms with E-state index in [-0.39, 0.29) is 46.8 Å². The molecule has 0 spiro atoms. The summed E-state index contributed by atoms with van der Waals surface area (Å²) in [6.45, 7) is 4.49. The molecule has 0 bridgehead atoms. The minimum absolute atomic E-state index is 0.0303. The Morgan fingerprint density at radius 2 is 1.53 bits per heavy atom. The molecule has 3 aromatic heterocycles. The number of rotatable bonds is 18. The van der Waals surface area contributed by atoms with E-state index in [2.05, 4.69) is 25.6 Å². The fourth-order valence-corrected chi connectivity index (χ4v) is 9.41. The Labute approximate surface area is 384 Å². The van der Waals surface area contributed by atoms with Crippen LogP contribution in [0.15, 0.2) is 139 Å². The highest BCUT2D eigenvalue weighted by Crippen LogP contribution is 2.52. The number of phosphoric ester groups is 1. The number of phosphoric acid groups is 1. The predicted molar refractivity (Wildman–Crippen MR) is 247 cm³/mol. The van der Waals surface area contributed by atoms with Gasteiger partial charge in [0, 0.05) is 13.0 Å². The van der Waals surface area contributed by atoms with E-state index in [4.69, 9.17) is 49.2 Å². The van der Waals surface area contributed by atoms with Crippen molar-refractivity contribution in [3.05, 3.63) is 166 Å². The second kappa shape index (κ2) is 19.0. The first-order valence-corrected chi connectivity index (χ1v) is 23.0. The van der Waals surface area contributed by atoms with Crippen LogP contribution < -0.4 is 29.5 Å². The zero-order valence-electron chi connectivity index (χ0n) is 36.3. The minimum Gasteiger partial charge on any atom is -0.497 e. The first kappa shape index (κ1) is 44.5. The Bertz CT molecular complexity index is 2990. The number of fused-ring (bicyclic) bond motifs is 2. The topological polar surface area (TPSA) is 188 Å². The van der Waals surface area contributed by atoms with Crippen LogP contribution in [0, 0.1) is 5.92 Å². The highest BCUT2D eigenvalue weighted by Gasteiger charge is 2.48. The number of aromatic amines is 1. The van der Waals surface area contributed by atoms with E-state index < -0.39 is 37.4 Å². The molecule has 19 heteroatoms. The van der Waals surface area contributed by atoms with Gasteiger partial charge in [0.25, 0.3) is 5.56 Å². The summed E-state index contributed by atoms with van der Waals surface area (Å²) < 4.78 is 61.0. The standard InChI is InChI=1S/C47H46ClN8O9P/c1-30(2)27-49-46-51-44-43(45(57)52-46)50-29-55(44)42-26-40(64-66(58,63-39-17-11-8-14-36(39)48)65-56-38-16-10-9-15-37(38)53-54-56)41(62-42)28-61-47(31-12-6-5-7-13-31,32-18-22-34(59-3)23-19-32)33-20-24-35(60-4)25-21-33/h5-25,29-30,40-42H,26-28H2,1-4H3,(H2,49,51,52,57)/t40-,41+,42+,66?/m0/s1. The summed E-state index contributed by atoms with van der Waals surface area (Å²) in [5, 5.41) is 11.6. The number of halogens is 1. The number of aromatic nitrogens is 7. The van der Waals surface area contributed by atoms with Crippen molar-refractivity contribution in [2.75, 3.05) is 32.7 Å². The van der Waals surface area contributed by atoms with Crippen molar-refractivity contribution in [1.82, 2.24) is 34.7 Å². The van der Waals surface area contributed by atoms with Crippen molar-refractivity contribution in [2.45, 2.75) is 44.3 Å². The smallest absolute Gasteiger partial charge is 0.497 e. The van der Waals surface area contributed by atoms with Crippen LogP contribution in [0.4, 0.5) is 5.95 Å². The van der Waals surface area contributed by atoms with Crippen LogP contribution in [0.1, 0.15) is 43.2 Å². The third-order valence-corrected chi connectivity index (χ3v) is 12.7. The number of hydrogen-bond acceptors (Lipinski definition) is 14. The van der Waals surface area contributed by atoms with Crippen molar-refractivity contribution in [2.24, 2.45) is 5.92 Å². The van der Waals surface area contributed by atoms with Crippen molar-refractivity contribution in [1.29, 1.82) is 0 Å². The van der Waals surface area contributed by atoms with Gasteiger partial charge in [-0.3, -0.25) is 23.5 Å². The van der Waals surface area contributed by atoms with Crippen LogP contribution in [0.3, 0.4) is 0 Å². The number of hydrogen-bond donors (Lipinski definition) is 2. The maximum atomic E-state index is 15.3. The number of benzene rings is 5. The lowest BCUT2D eigenvalue weighted by Gasteiger charge is -2.37. The van der Waals surface area contributed by atoms with E-state index >= 15 is 4.57 Å². The molecule has 0 aliphatic carbocycles. The van der Waals surface area contributed by atoms with Gasteiger partial charge in [0.1, 0.15) is 46.6 Å². The quantitative estimate of drug-likeness (QED) is 0.0615. The third-order valence-electron chi connectivity index (χ3n) is 11.0. The number of nitrogens with one attached hydrogen (secondary N) is 2. The van der Waals surface area contributed by atoms with E-state index in [1.54, 1.807) is 67.3 Å². The van der Waals surface area contributed by atoms with E-state index in [1.807, 2.05) is 92.7 Å². The van der Waals surface area contributed by atoms with Crippen LogP contribution in [0.2, 0.25) is 5.02 Å². The van der Waals surface area contributed by atoms with Crippen LogP contribution in [-0.2, 0) is 24.2 Å². The highest BCUT2D eigenvalue weighted by molar-refractivity contribution is 7.49. The van der Waals surface area contributed by atoms with Gasteiger partial charge in [-0.2, -0.15) is 4.98 Å². The molecule has 1 aliphatic rings. The molecule has 0 amide bonds. The van der Waals surface area contributed by atoms with E-state index in [1.165, 1.54) is 6.33 Å². The van der Waals surface area contributed by atoms with E-state index in [0.29, 0.717) is 29.1 Å². The maximum absolute atomic E-state index is 15.3. The summed E-state index contributed by atoms with van der Waals surface area (Å²) in [7, 11) is -1.57. The fourth-order valence-electron chi connectivity index (χ4n) is 7.80. The molecule has 8 aromatic rings. The Morgan fingerprint density at radius 1 is 0.879 bits per heavy atom. The number of ether oxygens (including phenoxy) is 4.